The summed E-state index contributed by atoms with van der Waals surface area (Å²) in [6, 6.07) is 15.0. The molecule has 2 amide bonds. The molecule has 0 saturated heterocycles. The van der Waals surface area contributed by atoms with E-state index in [0.29, 0.717) is 0 Å². The van der Waals surface area contributed by atoms with Crippen LogP contribution in [-0.4, -0.2) is 45.5 Å². The van der Waals surface area contributed by atoms with E-state index in [1.54, 1.807) is 27.8 Å². The van der Waals surface area contributed by atoms with Crippen molar-refractivity contribution in [1.82, 2.24) is 15.1 Å². The first-order valence-corrected chi connectivity index (χ1v) is 11.3. The number of anilines is 1. The third-order valence-electron chi connectivity index (χ3n) is 6.03. The maximum Gasteiger partial charge on any atom is 0.407 e. The van der Waals surface area contributed by atoms with Crippen LogP contribution in [0.3, 0.4) is 0 Å². The van der Waals surface area contributed by atoms with Gasteiger partial charge in [0, 0.05) is 19.2 Å². The van der Waals surface area contributed by atoms with Crippen molar-refractivity contribution < 1.29 is 24.2 Å². The summed E-state index contributed by atoms with van der Waals surface area (Å²) in [4.78, 5) is 37.3. The van der Waals surface area contributed by atoms with Gasteiger partial charge in [-0.1, -0.05) is 69.3 Å². The molecule has 0 saturated carbocycles. The van der Waals surface area contributed by atoms with Crippen LogP contribution in [0.5, 0.6) is 0 Å². The first-order chi connectivity index (χ1) is 16.6. The summed E-state index contributed by atoms with van der Waals surface area (Å²) >= 11 is 0. The van der Waals surface area contributed by atoms with Gasteiger partial charge in [0.15, 0.2) is 5.82 Å². The molecule has 3 N–H and O–H groups in total. The summed E-state index contributed by atoms with van der Waals surface area (Å²) in [7, 11) is 1.55. The van der Waals surface area contributed by atoms with E-state index in [9.17, 15) is 19.5 Å². The van der Waals surface area contributed by atoms with Crippen LogP contribution in [0, 0.1) is 5.41 Å². The number of nitrogens with zero attached hydrogens (tertiary/aromatic N) is 2. The minimum Gasteiger partial charge on any atom is -0.477 e. The van der Waals surface area contributed by atoms with Crippen LogP contribution in [0.4, 0.5) is 10.6 Å². The lowest BCUT2D eigenvalue weighted by atomic mass is 9.86. The predicted molar refractivity (Wildman–Crippen MR) is 130 cm³/mol. The monoisotopic (exact) mass is 476 g/mol. The second kappa shape index (κ2) is 9.25. The van der Waals surface area contributed by atoms with Gasteiger partial charge in [-0.05, 0) is 27.7 Å². The number of nitrogens with one attached hydrogen (secondary N) is 2. The molecule has 4 rings (SSSR count). The standard InChI is InChI=1S/C26H28N4O5/c1-26(2,3)21(23(31)28-22-19(24(32)33)13-30(4)29-22)27-25(34)35-14-20-17-11-7-5-9-15(17)16-10-6-8-12-18(16)20/h5-13,20-21H,14H2,1-4H3,(H,27,34)(H,32,33)(H,28,29,31)/t21-/m1/s1. The third kappa shape index (κ3) is 4.89. The van der Waals surface area contributed by atoms with Gasteiger partial charge in [0.2, 0.25) is 5.91 Å². The number of ether oxygens (including phenoxy) is 1. The van der Waals surface area contributed by atoms with Gasteiger partial charge in [-0.2, -0.15) is 5.10 Å². The first-order valence-electron chi connectivity index (χ1n) is 11.3. The van der Waals surface area contributed by atoms with E-state index < -0.39 is 29.4 Å². The summed E-state index contributed by atoms with van der Waals surface area (Å²) in [5, 5.41) is 18.5. The highest BCUT2D eigenvalue weighted by Crippen LogP contribution is 2.44. The number of amides is 2. The molecule has 1 aliphatic rings. The molecule has 0 unspecified atom stereocenters. The van der Waals surface area contributed by atoms with Crippen LogP contribution in [0.1, 0.15) is 48.2 Å². The molecule has 0 bridgehead atoms. The highest BCUT2D eigenvalue weighted by Gasteiger charge is 2.35. The van der Waals surface area contributed by atoms with E-state index >= 15 is 0 Å². The second-order valence-electron chi connectivity index (χ2n) is 9.63. The Morgan fingerprint density at radius 3 is 2.17 bits per heavy atom. The maximum atomic E-state index is 13.0. The number of carbonyl (C=O) groups is 3. The fraction of sp³-hybridized carbons (Fsp3) is 0.308. The Bertz CT molecular complexity index is 1250. The number of aromatic nitrogens is 2. The molecule has 3 aromatic rings. The molecule has 182 valence electrons. The Morgan fingerprint density at radius 1 is 1.06 bits per heavy atom. The number of aromatic carboxylic acids is 1. The number of carbonyl (C=O) groups excluding carboxylic acids is 2. The van der Waals surface area contributed by atoms with Crippen molar-refractivity contribution in [1.29, 1.82) is 0 Å². The van der Waals surface area contributed by atoms with Crippen molar-refractivity contribution >= 4 is 23.8 Å². The number of carboxylic acid groups (broad SMARTS) is 1. The fourth-order valence-corrected chi connectivity index (χ4v) is 4.36. The number of benzene rings is 2. The molecule has 1 atom stereocenters. The van der Waals surface area contributed by atoms with Crippen molar-refractivity contribution in [2.75, 3.05) is 11.9 Å². The first kappa shape index (κ1) is 24.0. The number of rotatable bonds is 6. The zero-order chi connectivity index (χ0) is 25.3. The zero-order valence-electron chi connectivity index (χ0n) is 20.0. The van der Waals surface area contributed by atoms with E-state index in [1.807, 2.05) is 36.4 Å². The summed E-state index contributed by atoms with van der Waals surface area (Å²) in [5.74, 6) is -2.01. The highest BCUT2D eigenvalue weighted by molar-refractivity contribution is 6.02. The van der Waals surface area contributed by atoms with Crippen LogP contribution in [0.25, 0.3) is 11.1 Å². The van der Waals surface area contributed by atoms with Gasteiger partial charge >= 0.3 is 12.1 Å². The predicted octanol–water partition coefficient (Wildman–Crippen LogP) is 4.01. The van der Waals surface area contributed by atoms with Gasteiger partial charge in [-0.3, -0.25) is 9.48 Å². The Kier molecular flexibility index (Phi) is 6.34. The minimum absolute atomic E-state index is 0.0893. The molecular formula is C26H28N4O5. The number of hydrogen-bond acceptors (Lipinski definition) is 5. The minimum atomic E-state index is -1.22. The lowest BCUT2D eigenvalue weighted by Crippen LogP contribution is -2.51. The number of carboxylic acids is 1. The maximum absolute atomic E-state index is 13.0. The molecule has 1 aromatic heterocycles. The molecule has 35 heavy (non-hydrogen) atoms. The van der Waals surface area contributed by atoms with E-state index in [0.717, 1.165) is 22.3 Å². The zero-order valence-corrected chi connectivity index (χ0v) is 20.0. The molecular weight excluding hydrogens is 448 g/mol. The number of fused-ring (bicyclic) bond motifs is 3. The Hall–Kier alpha value is -4.14. The van der Waals surface area contributed by atoms with Gasteiger partial charge < -0.3 is 20.5 Å². The van der Waals surface area contributed by atoms with E-state index in [4.69, 9.17) is 4.74 Å². The van der Waals surface area contributed by atoms with Crippen LogP contribution in [-0.2, 0) is 16.6 Å². The van der Waals surface area contributed by atoms with Crippen molar-refractivity contribution in [2.24, 2.45) is 12.5 Å². The molecule has 1 aliphatic carbocycles. The summed E-state index contributed by atoms with van der Waals surface area (Å²) < 4.78 is 6.88. The largest absolute Gasteiger partial charge is 0.477 e. The highest BCUT2D eigenvalue weighted by atomic mass is 16.5. The van der Waals surface area contributed by atoms with E-state index in [1.165, 1.54) is 10.9 Å². The second-order valence-corrected chi connectivity index (χ2v) is 9.63. The van der Waals surface area contributed by atoms with Crippen LogP contribution in [0.2, 0.25) is 0 Å². The van der Waals surface area contributed by atoms with Gasteiger partial charge in [0.05, 0.1) is 0 Å². The average Bonchev–Trinajstić information content (AvgIpc) is 3.32. The third-order valence-corrected chi connectivity index (χ3v) is 6.03. The molecule has 2 aromatic carbocycles. The van der Waals surface area contributed by atoms with Gasteiger partial charge in [0.25, 0.3) is 0 Å². The Labute approximate surface area is 203 Å². The normalized spacial score (nSPS) is 13.5. The Balaban J connectivity index is 1.47. The van der Waals surface area contributed by atoms with Gasteiger partial charge in [0.1, 0.15) is 18.2 Å². The smallest absolute Gasteiger partial charge is 0.407 e. The number of alkyl carbamates (subject to hydrolysis) is 1. The SMILES string of the molecule is Cn1cc(C(=O)O)c(NC(=O)[C@@H](NC(=O)OCC2c3ccccc3-c3ccccc32)C(C)(C)C)n1. The molecule has 0 spiro atoms. The molecule has 9 heteroatoms. The number of hydrogen-bond donors (Lipinski definition) is 3. The van der Waals surface area contributed by atoms with Crippen LogP contribution >= 0.6 is 0 Å². The van der Waals surface area contributed by atoms with Crippen LogP contribution in [0.15, 0.2) is 54.7 Å². The molecule has 9 nitrogen and oxygen atoms in total. The van der Waals surface area contributed by atoms with E-state index in [2.05, 4.69) is 27.9 Å². The lowest BCUT2D eigenvalue weighted by Gasteiger charge is -2.30. The number of aryl methyl sites for hydroxylation is 1. The van der Waals surface area contributed by atoms with E-state index in [-0.39, 0.29) is 23.9 Å². The van der Waals surface area contributed by atoms with Crippen molar-refractivity contribution in [2.45, 2.75) is 32.7 Å². The van der Waals surface area contributed by atoms with Crippen molar-refractivity contribution in [3.8, 4) is 11.1 Å². The molecule has 0 fully saturated rings. The van der Waals surface area contributed by atoms with Crippen molar-refractivity contribution in [3.05, 3.63) is 71.4 Å². The lowest BCUT2D eigenvalue weighted by molar-refractivity contribution is -0.120. The quantitative estimate of drug-likeness (QED) is 0.494. The van der Waals surface area contributed by atoms with Gasteiger partial charge in [-0.25, -0.2) is 9.59 Å². The molecule has 0 aliphatic heterocycles. The molecule has 1 heterocycles. The summed E-state index contributed by atoms with van der Waals surface area (Å²) in [6.07, 6.45) is 0.560. The van der Waals surface area contributed by atoms with Crippen LogP contribution < -0.4 is 10.6 Å². The summed E-state index contributed by atoms with van der Waals surface area (Å²) in [5.41, 5.74) is 3.58. The topological polar surface area (TPSA) is 123 Å². The van der Waals surface area contributed by atoms with Crippen molar-refractivity contribution in [3.63, 3.8) is 0 Å². The van der Waals surface area contributed by atoms with Gasteiger partial charge in [-0.15, -0.1) is 0 Å². The summed E-state index contributed by atoms with van der Waals surface area (Å²) in [6.45, 7) is 5.48. The fourth-order valence-electron chi connectivity index (χ4n) is 4.36. The molecule has 0 radical (unpaired) electrons. The Morgan fingerprint density at radius 2 is 1.63 bits per heavy atom. The average molecular weight is 477 g/mol.